The van der Waals surface area contributed by atoms with E-state index in [9.17, 15) is 0 Å². The Morgan fingerprint density at radius 2 is 1.95 bits per heavy atom. The summed E-state index contributed by atoms with van der Waals surface area (Å²) < 4.78 is 5.30. The number of likely N-dealkylation sites (tertiary alicyclic amines) is 1. The third-order valence-corrected chi connectivity index (χ3v) is 5.40. The molecular formula is C19H30N2O. The van der Waals surface area contributed by atoms with Crippen LogP contribution in [0.15, 0.2) is 24.3 Å². The molecule has 22 heavy (non-hydrogen) atoms. The molecule has 1 N–H and O–H groups in total. The summed E-state index contributed by atoms with van der Waals surface area (Å²) in [5.41, 5.74) is 1.18. The first-order valence-corrected chi connectivity index (χ1v) is 8.89. The Morgan fingerprint density at radius 1 is 1.14 bits per heavy atom. The maximum atomic E-state index is 5.30. The number of hydrogen-bond donors (Lipinski definition) is 1. The second kappa shape index (κ2) is 7.36. The molecule has 1 saturated carbocycles. The SMILES string of the molecule is COc1cccc(NC2CCN(C3CCCC(C)C3)CC2)c1. The minimum Gasteiger partial charge on any atom is -0.497 e. The summed E-state index contributed by atoms with van der Waals surface area (Å²) in [6.45, 7) is 4.92. The second-order valence-electron chi connectivity index (χ2n) is 7.11. The number of nitrogens with one attached hydrogen (secondary N) is 1. The number of methoxy groups -OCH3 is 1. The van der Waals surface area contributed by atoms with E-state index in [1.807, 2.05) is 6.07 Å². The monoisotopic (exact) mass is 302 g/mol. The molecule has 122 valence electrons. The summed E-state index contributed by atoms with van der Waals surface area (Å²) >= 11 is 0. The van der Waals surface area contributed by atoms with Crippen LogP contribution >= 0.6 is 0 Å². The lowest BCUT2D eigenvalue weighted by Crippen LogP contribution is -2.46. The molecule has 3 nitrogen and oxygen atoms in total. The molecule has 0 radical (unpaired) electrons. The van der Waals surface area contributed by atoms with Crippen LogP contribution in [0, 0.1) is 5.92 Å². The normalized spacial score (nSPS) is 27.5. The van der Waals surface area contributed by atoms with Gasteiger partial charge in [-0.05, 0) is 43.7 Å². The van der Waals surface area contributed by atoms with E-state index in [2.05, 4.69) is 35.3 Å². The summed E-state index contributed by atoms with van der Waals surface area (Å²) in [5, 5.41) is 3.68. The lowest BCUT2D eigenvalue weighted by Gasteiger charge is -2.41. The molecule has 1 aliphatic carbocycles. The highest BCUT2D eigenvalue weighted by molar-refractivity contribution is 5.48. The molecule has 2 unspecified atom stereocenters. The van der Waals surface area contributed by atoms with Gasteiger partial charge in [-0.3, -0.25) is 0 Å². The quantitative estimate of drug-likeness (QED) is 0.904. The van der Waals surface area contributed by atoms with Gasteiger partial charge in [-0.2, -0.15) is 0 Å². The van der Waals surface area contributed by atoms with Gasteiger partial charge in [-0.1, -0.05) is 25.8 Å². The van der Waals surface area contributed by atoms with Crippen molar-refractivity contribution in [3.05, 3.63) is 24.3 Å². The first kappa shape index (κ1) is 15.7. The van der Waals surface area contributed by atoms with Crippen molar-refractivity contribution in [1.29, 1.82) is 0 Å². The topological polar surface area (TPSA) is 24.5 Å². The second-order valence-corrected chi connectivity index (χ2v) is 7.11. The number of benzene rings is 1. The predicted molar refractivity (Wildman–Crippen MR) is 92.6 cm³/mol. The lowest BCUT2D eigenvalue weighted by atomic mass is 9.85. The van der Waals surface area contributed by atoms with Crippen molar-refractivity contribution in [2.75, 3.05) is 25.5 Å². The molecule has 2 atom stereocenters. The molecule has 3 rings (SSSR count). The highest BCUT2D eigenvalue weighted by atomic mass is 16.5. The van der Waals surface area contributed by atoms with E-state index in [1.54, 1.807) is 7.11 Å². The summed E-state index contributed by atoms with van der Waals surface area (Å²) in [5.74, 6) is 1.85. The van der Waals surface area contributed by atoms with E-state index in [1.165, 1.54) is 57.3 Å². The molecule has 0 aromatic heterocycles. The smallest absolute Gasteiger partial charge is 0.120 e. The Bertz CT molecular complexity index is 468. The van der Waals surface area contributed by atoms with Crippen LogP contribution in [-0.4, -0.2) is 37.2 Å². The van der Waals surface area contributed by atoms with E-state index in [0.29, 0.717) is 6.04 Å². The van der Waals surface area contributed by atoms with Gasteiger partial charge in [-0.15, -0.1) is 0 Å². The fourth-order valence-corrected chi connectivity index (χ4v) is 4.09. The molecule has 1 saturated heterocycles. The van der Waals surface area contributed by atoms with Gasteiger partial charge in [0.15, 0.2) is 0 Å². The van der Waals surface area contributed by atoms with Crippen LogP contribution in [-0.2, 0) is 0 Å². The highest BCUT2D eigenvalue weighted by Crippen LogP contribution is 2.29. The number of piperidine rings is 1. The van der Waals surface area contributed by atoms with Crippen LogP contribution in [0.3, 0.4) is 0 Å². The first-order chi connectivity index (χ1) is 10.7. The van der Waals surface area contributed by atoms with Crippen LogP contribution in [0.5, 0.6) is 5.75 Å². The van der Waals surface area contributed by atoms with Gasteiger partial charge in [-0.25, -0.2) is 0 Å². The van der Waals surface area contributed by atoms with Gasteiger partial charge < -0.3 is 15.0 Å². The molecule has 0 amide bonds. The zero-order valence-electron chi connectivity index (χ0n) is 14.1. The lowest BCUT2D eigenvalue weighted by molar-refractivity contribution is 0.109. The minimum absolute atomic E-state index is 0.601. The van der Waals surface area contributed by atoms with Crippen LogP contribution in [0.1, 0.15) is 45.4 Å². The van der Waals surface area contributed by atoms with Crippen LogP contribution in [0.4, 0.5) is 5.69 Å². The Morgan fingerprint density at radius 3 is 2.68 bits per heavy atom. The van der Waals surface area contributed by atoms with E-state index < -0.39 is 0 Å². The molecule has 1 aliphatic heterocycles. The van der Waals surface area contributed by atoms with Crippen molar-refractivity contribution >= 4 is 5.69 Å². The maximum Gasteiger partial charge on any atom is 0.120 e. The van der Waals surface area contributed by atoms with Gasteiger partial charge in [0, 0.05) is 36.9 Å². The van der Waals surface area contributed by atoms with Crippen molar-refractivity contribution in [3.8, 4) is 5.75 Å². The van der Waals surface area contributed by atoms with Crippen molar-refractivity contribution in [3.63, 3.8) is 0 Å². The van der Waals surface area contributed by atoms with Crippen molar-refractivity contribution in [2.45, 2.75) is 57.5 Å². The summed E-state index contributed by atoms with van der Waals surface area (Å²) in [4.78, 5) is 2.75. The van der Waals surface area contributed by atoms with Gasteiger partial charge >= 0.3 is 0 Å². The average Bonchev–Trinajstić information content (AvgIpc) is 2.56. The number of anilines is 1. The van der Waals surface area contributed by atoms with Crippen LogP contribution < -0.4 is 10.1 Å². The number of hydrogen-bond acceptors (Lipinski definition) is 3. The van der Waals surface area contributed by atoms with E-state index in [4.69, 9.17) is 4.74 Å². The fraction of sp³-hybridized carbons (Fsp3) is 0.684. The van der Waals surface area contributed by atoms with Crippen molar-refractivity contribution < 1.29 is 4.74 Å². The Kier molecular flexibility index (Phi) is 5.24. The standard InChI is InChI=1S/C19H30N2O/c1-15-5-3-7-18(13-15)21-11-9-16(10-12-21)20-17-6-4-8-19(14-17)22-2/h4,6,8,14-16,18,20H,3,5,7,9-13H2,1-2H3. The predicted octanol–water partition coefficient (Wildman–Crippen LogP) is 4.15. The molecule has 2 fully saturated rings. The van der Waals surface area contributed by atoms with Crippen molar-refractivity contribution in [2.24, 2.45) is 5.92 Å². The zero-order chi connectivity index (χ0) is 15.4. The van der Waals surface area contributed by atoms with Gasteiger partial charge in [0.2, 0.25) is 0 Å². The summed E-state index contributed by atoms with van der Waals surface area (Å²) in [7, 11) is 1.72. The molecule has 2 aliphatic rings. The highest BCUT2D eigenvalue weighted by Gasteiger charge is 2.28. The Hall–Kier alpha value is -1.22. The largest absolute Gasteiger partial charge is 0.497 e. The van der Waals surface area contributed by atoms with Gasteiger partial charge in [0.1, 0.15) is 5.75 Å². The fourth-order valence-electron chi connectivity index (χ4n) is 4.09. The Labute approximate surface area is 135 Å². The van der Waals surface area contributed by atoms with E-state index >= 15 is 0 Å². The maximum absolute atomic E-state index is 5.30. The molecule has 0 spiro atoms. The molecule has 0 bridgehead atoms. The van der Waals surface area contributed by atoms with Crippen LogP contribution in [0.2, 0.25) is 0 Å². The van der Waals surface area contributed by atoms with E-state index in [-0.39, 0.29) is 0 Å². The van der Waals surface area contributed by atoms with Crippen molar-refractivity contribution in [1.82, 2.24) is 4.90 Å². The molecule has 1 aromatic rings. The number of ether oxygens (including phenoxy) is 1. The van der Waals surface area contributed by atoms with Crippen LogP contribution in [0.25, 0.3) is 0 Å². The number of nitrogens with zero attached hydrogens (tertiary/aromatic N) is 1. The summed E-state index contributed by atoms with van der Waals surface area (Å²) in [6.07, 6.45) is 8.19. The van der Waals surface area contributed by atoms with Gasteiger partial charge in [0.25, 0.3) is 0 Å². The molecule has 1 aromatic carbocycles. The number of rotatable bonds is 4. The average molecular weight is 302 g/mol. The molecule has 3 heteroatoms. The van der Waals surface area contributed by atoms with E-state index in [0.717, 1.165) is 17.7 Å². The third-order valence-electron chi connectivity index (χ3n) is 5.40. The zero-order valence-corrected chi connectivity index (χ0v) is 14.1. The molecular weight excluding hydrogens is 272 g/mol. The van der Waals surface area contributed by atoms with Gasteiger partial charge in [0.05, 0.1) is 7.11 Å². The first-order valence-electron chi connectivity index (χ1n) is 8.89. The molecule has 1 heterocycles. The third kappa shape index (κ3) is 3.95. The Balaban J connectivity index is 1.49. The minimum atomic E-state index is 0.601. The summed E-state index contributed by atoms with van der Waals surface area (Å²) in [6, 6.07) is 9.73.